The first kappa shape index (κ1) is 13.9. The van der Waals surface area contributed by atoms with Gasteiger partial charge in [-0.15, -0.1) is 0 Å². The van der Waals surface area contributed by atoms with Crippen LogP contribution in [0.4, 0.5) is 4.79 Å². The summed E-state index contributed by atoms with van der Waals surface area (Å²) in [6, 6.07) is -0.452. The Morgan fingerprint density at radius 1 is 1.39 bits per heavy atom. The number of hydrogen-bond donors (Lipinski definition) is 4. The van der Waals surface area contributed by atoms with Crippen LogP contribution in [-0.4, -0.2) is 51.5 Å². The molecule has 0 aliphatic heterocycles. The number of amides is 2. The number of hydrogen-bond acceptors (Lipinski definition) is 6. The van der Waals surface area contributed by atoms with E-state index in [4.69, 9.17) is 14.7 Å². The monoisotopic (exact) mass is 258 g/mol. The van der Waals surface area contributed by atoms with E-state index in [9.17, 15) is 9.59 Å². The van der Waals surface area contributed by atoms with Crippen LogP contribution >= 0.6 is 0 Å². The number of carboxylic acids is 1. The Hall–Kier alpha value is -2.16. The number of aliphatic carboxylic acids is 1. The van der Waals surface area contributed by atoms with Gasteiger partial charge < -0.3 is 25.4 Å². The Morgan fingerprint density at radius 2 is 2.11 bits per heavy atom. The van der Waals surface area contributed by atoms with Crippen molar-refractivity contribution in [3.63, 3.8) is 0 Å². The molecular weight excluding hydrogens is 244 g/mol. The first-order valence-corrected chi connectivity index (χ1v) is 5.27. The third-order valence-corrected chi connectivity index (χ3v) is 2.02. The van der Waals surface area contributed by atoms with Crippen molar-refractivity contribution in [1.29, 1.82) is 0 Å². The smallest absolute Gasteiger partial charge is 0.332 e. The molecule has 9 heteroatoms. The molecule has 9 nitrogen and oxygen atoms in total. The molecule has 1 aromatic heterocycles. The van der Waals surface area contributed by atoms with Crippen LogP contribution in [0.5, 0.6) is 0 Å². The SMILES string of the molecule is O=C(NCCc1ncno1)NCC[C@H](O)C(=O)O. The molecule has 4 N–H and O–H groups in total. The lowest BCUT2D eigenvalue weighted by Gasteiger charge is -2.08. The van der Waals surface area contributed by atoms with Gasteiger partial charge in [-0.05, 0) is 0 Å². The van der Waals surface area contributed by atoms with Crippen molar-refractivity contribution >= 4 is 12.0 Å². The minimum atomic E-state index is -1.47. The molecule has 0 saturated heterocycles. The van der Waals surface area contributed by atoms with E-state index in [0.717, 1.165) is 0 Å². The third kappa shape index (κ3) is 5.25. The number of nitrogens with one attached hydrogen (secondary N) is 2. The summed E-state index contributed by atoms with van der Waals surface area (Å²) in [5.74, 6) is -0.898. The number of aliphatic hydroxyl groups excluding tert-OH is 1. The normalized spacial score (nSPS) is 11.8. The van der Waals surface area contributed by atoms with E-state index in [2.05, 4.69) is 20.8 Å². The molecule has 0 unspecified atom stereocenters. The second-order valence-electron chi connectivity index (χ2n) is 3.41. The Kier molecular flexibility index (Phi) is 5.58. The number of carbonyl (C=O) groups excluding carboxylic acids is 1. The van der Waals surface area contributed by atoms with Crippen molar-refractivity contribution in [3.8, 4) is 0 Å². The van der Waals surface area contributed by atoms with E-state index in [1.807, 2.05) is 0 Å². The molecule has 18 heavy (non-hydrogen) atoms. The van der Waals surface area contributed by atoms with Gasteiger partial charge in [0.15, 0.2) is 12.4 Å². The summed E-state index contributed by atoms with van der Waals surface area (Å²) in [6.45, 7) is 0.384. The molecule has 100 valence electrons. The molecule has 0 aliphatic rings. The van der Waals surface area contributed by atoms with Gasteiger partial charge in [0.1, 0.15) is 0 Å². The predicted octanol–water partition coefficient (Wildman–Crippen LogP) is -1.25. The highest BCUT2D eigenvalue weighted by atomic mass is 16.5. The third-order valence-electron chi connectivity index (χ3n) is 2.02. The highest BCUT2D eigenvalue weighted by Crippen LogP contribution is 1.91. The van der Waals surface area contributed by atoms with E-state index in [1.165, 1.54) is 6.33 Å². The van der Waals surface area contributed by atoms with Crippen molar-refractivity contribution in [1.82, 2.24) is 20.8 Å². The second kappa shape index (κ2) is 7.22. The van der Waals surface area contributed by atoms with Crippen molar-refractivity contribution in [2.75, 3.05) is 13.1 Å². The van der Waals surface area contributed by atoms with Crippen LogP contribution in [0.1, 0.15) is 12.3 Å². The number of carboxylic acid groups (broad SMARTS) is 1. The maximum Gasteiger partial charge on any atom is 0.332 e. The van der Waals surface area contributed by atoms with E-state index < -0.39 is 18.1 Å². The molecule has 1 aromatic rings. The van der Waals surface area contributed by atoms with Crippen LogP contribution in [0, 0.1) is 0 Å². The molecule has 1 atom stereocenters. The summed E-state index contributed by atoms with van der Waals surface area (Å²) in [5, 5.41) is 25.7. The largest absolute Gasteiger partial charge is 0.479 e. The predicted molar refractivity (Wildman–Crippen MR) is 57.7 cm³/mol. The minimum absolute atomic E-state index is 0.0492. The fourth-order valence-electron chi connectivity index (χ4n) is 1.10. The number of aromatic nitrogens is 2. The highest BCUT2D eigenvalue weighted by Gasteiger charge is 2.12. The lowest BCUT2D eigenvalue weighted by atomic mass is 10.2. The Morgan fingerprint density at radius 3 is 2.72 bits per heavy atom. The summed E-state index contributed by atoms with van der Waals surface area (Å²) in [7, 11) is 0. The number of aliphatic hydroxyl groups is 1. The van der Waals surface area contributed by atoms with Crippen LogP contribution in [-0.2, 0) is 11.2 Å². The van der Waals surface area contributed by atoms with Crippen molar-refractivity contribution in [2.24, 2.45) is 0 Å². The topological polar surface area (TPSA) is 138 Å². The van der Waals surface area contributed by atoms with Gasteiger partial charge in [-0.25, -0.2) is 9.59 Å². The van der Waals surface area contributed by atoms with E-state index >= 15 is 0 Å². The molecule has 0 radical (unpaired) electrons. The fourth-order valence-corrected chi connectivity index (χ4v) is 1.10. The molecule has 2 amide bonds. The van der Waals surface area contributed by atoms with Gasteiger partial charge in [-0.1, -0.05) is 5.16 Å². The Labute approximate surface area is 102 Å². The van der Waals surface area contributed by atoms with Gasteiger partial charge >= 0.3 is 12.0 Å². The first-order chi connectivity index (χ1) is 8.59. The lowest BCUT2D eigenvalue weighted by Crippen LogP contribution is -2.38. The molecular formula is C9H14N4O5. The fraction of sp³-hybridized carbons (Fsp3) is 0.556. The summed E-state index contributed by atoms with van der Waals surface area (Å²) >= 11 is 0. The van der Waals surface area contributed by atoms with Gasteiger partial charge in [0, 0.05) is 25.9 Å². The van der Waals surface area contributed by atoms with Crippen LogP contribution < -0.4 is 10.6 Å². The van der Waals surface area contributed by atoms with Gasteiger partial charge in [0.25, 0.3) is 0 Å². The zero-order valence-corrected chi connectivity index (χ0v) is 9.50. The van der Waals surface area contributed by atoms with Gasteiger partial charge in [-0.3, -0.25) is 0 Å². The minimum Gasteiger partial charge on any atom is -0.479 e. The quantitative estimate of drug-likeness (QED) is 0.479. The number of rotatable bonds is 7. The van der Waals surface area contributed by atoms with Crippen LogP contribution in [0.3, 0.4) is 0 Å². The van der Waals surface area contributed by atoms with Crippen LogP contribution in [0.25, 0.3) is 0 Å². The number of urea groups is 1. The van der Waals surface area contributed by atoms with Gasteiger partial charge in [0.05, 0.1) is 0 Å². The van der Waals surface area contributed by atoms with Crippen molar-refractivity contribution in [3.05, 3.63) is 12.2 Å². The van der Waals surface area contributed by atoms with E-state index in [1.54, 1.807) is 0 Å². The Balaban J connectivity index is 2.05. The second-order valence-corrected chi connectivity index (χ2v) is 3.41. The molecule has 0 aromatic carbocycles. The molecule has 0 saturated carbocycles. The molecule has 0 spiro atoms. The molecule has 1 rings (SSSR count). The summed E-state index contributed by atoms with van der Waals surface area (Å²) in [6.07, 6.45) is 0.156. The summed E-state index contributed by atoms with van der Waals surface area (Å²) in [5.41, 5.74) is 0. The summed E-state index contributed by atoms with van der Waals surface area (Å²) < 4.78 is 4.72. The van der Waals surface area contributed by atoms with E-state index in [0.29, 0.717) is 18.9 Å². The van der Waals surface area contributed by atoms with Gasteiger partial charge in [0.2, 0.25) is 5.89 Å². The van der Waals surface area contributed by atoms with Crippen LogP contribution in [0.2, 0.25) is 0 Å². The van der Waals surface area contributed by atoms with Crippen LogP contribution in [0.15, 0.2) is 10.9 Å². The van der Waals surface area contributed by atoms with Gasteiger partial charge in [-0.2, -0.15) is 4.98 Å². The zero-order valence-electron chi connectivity index (χ0n) is 9.50. The molecule has 0 fully saturated rings. The summed E-state index contributed by atoms with van der Waals surface area (Å²) in [4.78, 5) is 25.3. The standard InChI is InChI=1S/C9H14N4O5/c14-6(8(15)16)1-3-10-9(17)11-4-2-7-12-5-13-18-7/h5-6,14H,1-4H2,(H,15,16)(H2,10,11,17)/t6-/m0/s1. The number of nitrogens with zero attached hydrogens (tertiary/aromatic N) is 2. The first-order valence-electron chi connectivity index (χ1n) is 5.27. The molecule has 0 bridgehead atoms. The van der Waals surface area contributed by atoms with Crippen molar-refractivity contribution < 1.29 is 24.3 Å². The van der Waals surface area contributed by atoms with E-state index in [-0.39, 0.29) is 13.0 Å². The molecule has 0 aliphatic carbocycles. The molecule has 1 heterocycles. The average molecular weight is 258 g/mol. The maximum atomic E-state index is 11.2. The maximum absolute atomic E-state index is 11.2. The average Bonchev–Trinajstić information content (AvgIpc) is 2.81. The Bertz CT molecular complexity index is 380. The number of carbonyl (C=O) groups is 2. The lowest BCUT2D eigenvalue weighted by molar-refractivity contribution is -0.146. The van der Waals surface area contributed by atoms with Crippen molar-refractivity contribution in [2.45, 2.75) is 18.9 Å². The highest BCUT2D eigenvalue weighted by molar-refractivity contribution is 5.74. The zero-order chi connectivity index (χ0) is 13.4.